The molecule has 1 fully saturated rings. The van der Waals surface area contributed by atoms with E-state index in [0.717, 1.165) is 25.2 Å². The first-order valence-corrected chi connectivity index (χ1v) is 8.95. The lowest BCUT2D eigenvalue weighted by atomic mass is 9.84. The average molecular weight is 291 g/mol. The molecule has 0 spiro atoms. The first kappa shape index (κ1) is 16.5. The first-order valence-electron chi connectivity index (χ1n) is 8.95. The summed E-state index contributed by atoms with van der Waals surface area (Å²) in [5.41, 5.74) is 10.2. The van der Waals surface area contributed by atoms with Crippen LogP contribution in [-0.2, 0) is 19.3 Å². The molecule has 0 bridgehead atoms. The molecule has 0 radical (unpaired) electrons. The van der Waals surface area contributed by atoms with Gasteiger partial charge in [-0.05, 0) is 50.5 Å². The Morgan fingerprint density at radius 1 is 1.24 bits per heavy atom. The van der Waals surface area contributed by atoms with Crippen LogP contribution in [0.25, 0.3) is 0 Å². The number of aryl methyl sites for hydroxylation is 1. The summed E-state index contributed by atoms with van der Waals surface area (Å²) in [6, 6.07) is 0.832. The van der Waals surface area contributed by atoms with Crippen LogP contribution >= 0.6 is 0 Å². The molecule has 1 saturated carbocycles. The normalized spacial score (nSPS) is 24.2. The summed E-state index contributed by atoms with van der Waals surface area (Å²) in [5.74, 6) is 0.889. The van der Waals surface area contributed by atoms with Crippen molar-refractivity contribution in [2.24, 2.45) is 11.7 Å². The van der Waals surface area contributed by atoms with Crippen molar-refractivity contribution in [3.8, 4) is 0 Å². The van der Waals surface area contributed by atoms with Crippen molar-refractivity contribution in [3.63, 3.8) is 0 Å². The van der Waals surface area contributed by atoms with Gasteiger partial charge < -0.3 is 5.73 Å². The largest absolute Gasteiger partial charge is 0.328 e. The van der Waals surface area contributed by atoms with Crippen molar-refractivity contribution in [2.45, 2.75) is 91.1 Å². The minimum atomic E-state index is 0.216. The molecule has 1 aliphatic rings. The van der Waals surface area contributed by atoms with Crippen LogP contribution in [0, 0.1) is 5.92 Å². The van der Waals surface area contributed by atoms with Gasteiger partial charge in [0.2, 0.25) is 0 Å². The summed E-state index contributed by atoms with van der Waals surface area (Å²) in [6.07, 6.45) is 9.74. The second kappa shape index (κ2) is 7.44. The molecule has 2 rings (SSSR count). The number of rotatable bonds is 6. The van der Waals surface area contributed by atoms with Gasteiger partial charge in [-0.25, -0.2) is 0 Å². The van der Waals surface area contributed by atoms with E-state index in [4.69, 9.17) is 10.8 Å². The van der Waals surface area contributed by atoms with Crippen LogP contribution in [0.2, 0.25) is 0 Å². The Hall–Kier alpha value is -0.830. The number of aromatic nitrogens is 2. The molecule has 3 atom stereocenters. The second-order valence-electron chi connectivity index (χ2n) is 6.80. The van der Waals surface area contributed by atoms with Gasteiger partial charge in [0.05, 0.1) is 11.7 Å². The zero-order valence-electron chi connectivity index (χ0n) is 14.4. The van der Waals surface area contributed by atoms with Gasteiger partial charge in [-0.15, -0.1) is 0 Å². The summed E-state index contributed by atoms with van der Waals surface area (Å²) >= 11 is 0. The fourth-order valence-electron chi connectivity index (χ4n) is 3.93. The van der Waals surface area contributed by atoms with Crippen LogP contribution in [-0.4, -0.2) is 15.8 Å². The Bertz CT molecular complexity index is 448. The lowest BCUT2D eigenvalue weighted by molar-refractivity contribution is 0.243. The molecular weight excluding hydrogens is 258 g/mol. The lowest BCUT2D eigenvalue weighted by Gasteiger charge is -2.30. The monoisotopic (exact) mass is 291 g/mol. The van der Waals surface area contributed by atoms with Crippen molar-refractivity contribution < 1.29 is 0 Å². The third kappa shape index (κ3) is 3.68. The van der Waals surface area contributed by atoms with Crippen LogP contribution in [0.4, 0.5) is 0 Å². The standard InChI is InChI=1S/C18H33N3/c1-5-14-9-8-10-15(12-14)21-18(7-3)16(11-13(4)19)17(6-2)20-21/h13-15H,5-12,19H2,1-4H3. The Morgan fingerprint density at radius 2 is 2.00 bits per heavy atom. The van der Waals surface area contributed by atoms with Crippen LogP contribution in [0.5, 0.6) is 0 Å². The maximum absolute atomic E-state index is 6.07. The summed E-state index contributed by atoms with van der Waals surface area (Å²) in [6.45, 7) is 8.91. The van der Waals surface area contributed by atoms with Crippen LogP contribution in [0.3, 0.4) is 0 Å². The number of nitrogens with zero attached hydrogens (tertiary/aromatic N) is 2. The molecule has 0 aliphatic heterocycles. The Labute approximate surface area is 130 Å². The highest BCUT2D eigenvalue weighted by Gasteiger charge is 2.26. The topological polar surface area (TPSA) is 43.8 Å². The van der Waals surface area contributed by atoms with Gasteiger partial charge in [0.15, 0.2) is 0 Å². The molecule has 0 amide bonds. The molecule has 1 aromatic rings. The van der Waals surface area contributed by atoms with Gasteiger partial charge in [-0.3, -0.25) is 4.68 Å². The number of hydrogen-bond donors (Lipinski definition) is 1. The van der Waals surface area contributed by atoms with Crippen molar-refractivity contribution >= 4 is 0 Å². The van der Waals surface area contributed by atoms with E-state index < -0.39 is 0 Å². The summed E-state index contributed by atoms with van der Waals surface area (Å²) in [4.78, 5) is 0. The second-order valence-corrected chi connectivity index (χ2v) is 6.80. The molecule has 0 aromatic carbocycles. The maximum atomic E-state index is 6.07. The molecule has 0 saturated heterocycles. The number of nitrogens with two attached hydrogens (primary N) is 1. The molecule has 3 unspecified atom stereocenters. The van der Waals surface area contributed by atoms with Crippen molar-refractivity contribution in [3.05, 3.63) is 17.0 Å². The highest BCUT2D eigenvalue weighted by Crippen LogP contribution is 2.35. The third-order valence-corrected chi connectivity index (χ3v) is 5.08. The number of hydrogen-bond acceptors (Lipinski definition) is 2. The van der Waals surface area contributed by atoms with Gasteiger partial charge in [0, 0.05) is 11.7 Å². The molecule has 2 N–H and O–H groups in total. The van der Waals surface area contributed by atoms with E-state index in [1.165, 1.54) is 49.1 Å². The molecule has 1 aliphatic carbocycles. The smallest absolute Gasteiger partial charge is 0.0657 e. The maximum Gasteiger partial charge on any atom is 0.0657 e. The average Bonchev–Trinajstić information content (AvgIpc) is 2.84. The van der Waals surface area contributed by atoms with Crippen molar-refractivity contribution in [2.75, 3.05) is 0 Å². The molecule has 1 heterocycles. The van der Waals surface area contributed by atoms with Crippen molar-refractivity contribution in [1.29, 1.82) is 0 Å². The molecule has 3 heteroatoms. The SMILES string of the molecule is CCc1nn(C2CCCC(CC)C2)c(CC)c1CC(C)N. The zero-order chi connectivity index (χ0) is 15.4. The predicted octanol–water partition coefficient (Wildman–Crippen LogP) is 4.04. The molecule has 1 aromatic heterocycles. The summed E-state index contributed by atoms with van der Waals surface area (Å²) in [7, 11) is 0. The zero-order valence-corrected chi connectivity index (χ0v) is 14.4. The van der Waals surface area contributed by atoms with E-state index in [1.807, 2.05) is 0 Å². The van der Waals surface area contributed by atoms with Crippen molar-refractivity contribution in [1.82, 2.24) is 9.78 Å². The summed E-state index contributed by atoms with van der Waals surface area (Å²) in [5, 5.41) is 5.01. The van der Waals surface area contributed by atoms with Gasteiger partial charge in [0.1, 0.15) is 0 Å². The van der Waals surface area contributed by atoms with Crippen LogP contribution in [0.15, 0.2) is 0 Å². The van der Waals surface area contributed by atoms with E-state index in [9.17, 15) is 0 Å². The first-order chi connectivity index (χ1) is 10.1. The van der Waals surface area contributed by atoms with Gasteiger partial charge in [0.25, 0.3) is 0 Å². The van der Waals surface area contributed by atoms with Crippen LogP contribution in [0.1, 0.15) is 82.8 Å². The third-order valence-electron chi connectivity index (χ3n) is 5.08. The molecular formula is C18H33N3. The van der Waals surface area contributed by atoms with E-state index in [1.54, 1.807) is 0 Å². The highest BCUT2D eigenvalue weighted by atomic mass is 15.3. The fraction of sp³-hybridized carbons (Fsp3) is 0.833. The van der Waals surface area contributed by atoms with Gasteiger partial charge in [-0.1, -0.05) is 40.0 Å². The van der Waals surface area contributed by atoms with E-state index in [-0.39, 0.29) is 6.04 Å². The van der Waals surface area contributed by atoms with Gasteiger partial charge >= 0.3 is 0 Å². The van der Waals surface area contributed by atoms with E-state index in [2.05, 4.69) is 32.4 Å². The Kier molecular flexibility index (Phi) is 5.86. The molecule has 21 heavy (non-hydrogen) atoms. The summed E-state index contributed by atoms with van der Waals surface area (Å²) < 4.78 is 2.39. The van der Waals surface area contributed by atoms with E-state index in [0.29, 0.717) is 6.04 Å². The highest BCUT2D eigenvalue weighted by molar-refractivity contribution is 5.28. The minimum Gasteiger partial charge on any atom is -0.328 e. The molecule has 3 nitrogen and oxygen atoms in total. The Balaban J connectivity index is 2.32. The quantitative estimate of drug-likeness (QED) is 0.859. The predicted molar refractivity (Wildman–Crippen MR) is 89.6 cm³/mol. The lowest BCUT2D eigenvalue weighted by Crippen LogP contribution is -2.22. The van der Waals surface area contributed by atoms with E-state index >= 15 is 0 Å². The molecule has 120 valence electrons. The van der Waals surface area contributed by atoms with Crippen LogP contribution < -0.4 is 5.73 Å². The minimum absolute atomic E-state index is 0.216. The Morgan fingerprint density at radius 3 is 2.57 bits per heavy atom. The van der Waals surface area contributed by atoms with Gasteiger partial charge in [-0.2, -0.15) is 5.10 Å². The fourth-order valence-corrected chi connectivity index (χ4v) is 3.93.